The summed E-state index contributed by atoms with van der Waals surface area (Å²) in [4.78, 5) is 15.0. The summed E-state index contributed by atoms with van der Waals surface area (Å²) < 4.78 is 1.73. The number of aromatic nitrogens is 2. The van der Waals surface area contributed by atoms with Gasteiger partial charge < -0.3 is 5.32 Å². The third-order valence-corrected chi connectivity index (χ3v) is 5.06. The normalized spacial score (nSPS) is 18.9. The molecule has 1 aliphatic heterocycles. The van der Waals surface area contributed by atoms with Gasteiger partial charge in [0.25, 0.3) is 5.91 Å². The van der Waals surface area contributed by atoms with Crippen molar-refractivity contribution in [1.82, 2.24) is 20.0 Å². The molecule has 0 aliphatic carbocycles. The third kappa shape index (κ3) is 4.28. The van der Waals surface area contributed by atoms with Crippen molar-refractivity contribution in [2.75, 3.05) is 19.6 Å². The molecule has 1 aromatic carbocycles. The predicted octanol–water partition coefficient (Wildman–Crippen LogP) is 3.11. The van der Waals surface area contributed by atoms with Gasteiger partial charge in [-0.2, -0.15) is 5.10 Å². The zero-order valence-electron chi connectivity index (χ0n) is 15.4. The molecule has 134 valence electrons. The summed E-state index contributed by atoms with van der Waals surface area (Å²) in [7, 11) is 0. The number of rotatable bonds is 5. The van der Waals surface area contributed by atoms with Crippen molar-refractivity contribution in [3.05, 3.63) is 48.3 Å². The van der Waals surface area contributed by atoms with Crippen LogP contribution in [0.3, 0.4) is 0 Å². The van der Waals surface area contributed by atoms with Crippen LogP contribution in [0.1, 0.15) is 44.0 Å². The highest BCUT2D eigenvalue weighted by Crippen LogP contribution is 2.23. The van der Waals surface area contributed by atoms with Crippen molar-refractivity contribution in [2.24, 2.45) is 5.92 Å². The number of carbonyl (C=O) groups is 1. The van der Waals surface area contributed by atoms with Crippen LogP contribution in [0.25, 0.3) is 5.69 Å². The number of amides is 1. The van der Waals surface area contributed by atoms with E-state index in [9.17, 15) is 4.79 Å². The van der Waals surface area contributed by atoms with Gasteiger partial charge in [0.1, 0.15) is 0 Å². The lowest BCUT2D eigenvalue weighted by molar-refractivity contribution is 0.0657. The lowest BCUT2D eigenvalue weighted by Gasteiger charge is -2.43. The summed E-state index contributed by atoms with van der Waals surface area (Å²) in [5.74, 6) is 0.660. The molecule has 25 heavy (non-hydrogen) atoms. The molecule has 5 heteroatoms. The molecule has 3 rings (SSSR count). The van der Waals surface area contributed by atoms with Gasteiger partial charge >= 0.3 is 0 Å². The van der Waals surface area contributed by atoms with Crippen LogP contribution in [0.5, 0.6) is 0 Å². The van der Waals surface area contributed by atoms with Crippen LogP contribution in [-0.2, 0) is 0 Å². The van der Waals surface area contributed by atoms with E-state index in [4.69, 9.17) is 0 Å². The molecule has 2 aromatic rings. The highest BCUT2D eigenvalue weighted by atomic mass is 16.1. The maximum atomic E-state index is 12.5. The van der Waals surface area contributed by atoms with Crippen LogP contribution < -0.4 is 5.32 Å². The number of piperidine rings is 1. The molecular formula is C20H28N4O. The molecule has 2 heterocycles. The Bertz CT molecular complexity index is 707. The average molecular weight is 340 g/mol. The maximum Gasteiger partial charge on any atom is 0.254 e. The summed E-state index contributed by atoms with van der Waals surface area (Å²) in [6.07, 6.45) is 5.94. The van der Waals surface area contributed by atoms with Gasteiger partial charge in [-0.1, -0.05) is 25.1 Å². The van der Waals surface area contributed by atoms with E-state index >= 15 is 0 Å². The number of hydrogen-bond acceptors (Lipinski definition) is 3. The first-order valence-corrected chi connectivity index (χ1v) is 9.09. The van der Waals surface area contributed by atoms with Gasteiger partial charge in [-0.15, -0.1) is 0 Å². The number of hydrogen-bond donors (Lipinski definition) is 1. The number of nitrogens with zero attached hydrogens (tertiary/aromatic N) is 3. The Kier molecular flexibility index (Phi) is 5.23. The highest BCUT2D eigenvalue weighted by Gasteiger charge is 2.30. The number of carbonyl (C=O) groups excluding carboxylic acids is 1. The Hall–Kier alpha value is -2.14. The zero-order chi connectivity index (χ0) is 17.9. The Balaban J connectivity index is 1.60. The smallest absolute Gasteiger partial charge is 0.254 e. The Morgan fingerprint density at radius 1 is 1.32 bits per heavy atom. The van der Waals surface area contributed by atoms with E-state index in [1.807, 2.05) is 30.3 Å². The van der Waals surface area contributed by atoms with E-state index in [2.05, 4.69) is 36.1 Å². The fourth-order valence-corrected chi connectivity index (χ4v) is 3.41. The Morgan fingerprint density at radius 2 is 2.08 bits per heavy atom. The van der Waals surface area contributed by atoms with Gasteiger partial charge in [0.15, 0.2) is 0 Å². The minimum absolute atomic E-state index is 0.0419. The maximum absolute atomic E-state index is 12.5. The minimum atomic E-state index is -0.0692. The van der Waals surface area contributed by atoms with Crippen molar-refractivity contribution in [1.29, 1.82) is 0 Å². The number of benzene rings is 1. The van der Waals surface area contributed by atoms with Crippen molar-refractivity contribution in [2.45, 2.75) is 39.2 Å². The largest absolute Gasteiger partial charge is 0.350 e. The van der Waals surface area contributed by atoms with Crippen LogP contribution in [0, 0.1) is 5.92 Å². The van der Waals surface area contributed by atoms with Crippen LogP contribution in [-0.4, -0.2) is 45.8 Å². The van der Waals surface area contributed by atoms with Gasteiger partial charge in [-0.25, -0.2) is 4.68 Å². The first-order chi connectivity index (χ1) is 12.0. The van der Waals surface area contributed by atoms with Crippen molar-refractivity contribution in [3.8, 4) is 5.69 Å². The zero-order valence-corrected chi connectivity index (χ0v) is 15.4. The van der Waals surface area contributed by atoms with Gasteiger partial charge in [0.2, 0.25) is 0 Å². The Morgan fingerprint density at radius 3 is 2.80 bits per heavy atom. The van der Waals surface area contributed by atoms with E-state index in [-0.39, 0.29) is 11.4 Å². The molecule has 0 saturated carbocycles. The van der Waals surface area contributed by atoms with E-state index in [1.165, 1.54) is 12.8 Å². The minimum Gasteiger partial charge on any atom is -0.350 e. The fourth-order valence-electron chi connectivity index (χ4n) is 3.41. The molecule has 1 aliphatic rings. The first-order valence-electron chi connectivity index (χ1n) is 9.09. The first kappa shape index (κ1) is 17.7. The molecule has 1 atom stereocenters. The van der Waals surface area contributed by atoms with Crippen molar-refractivity contribution >= 4 is 5.91 Å². The SMILES string of the molecule is CC1CCCN(C(C)(C)CNC(=O)c2cnn(-c3ccccc3)c2)C1. The number of nitrogens with one attached hydrogen (secondary N) is 1. The second-order valence-electron chi connectivity index (χ2n) is 7.70. The van der Waals surface area contributed by atoms with Crippen LogP contribution in [0.2, 0.25) is 0 Å². The lowest BCUT2D eigenvalue weighted by Crippen LogP contribution is -2.54. The third-order valence-electron chi connectivity index (χ3n) is 5.06. The molecule has 1 unspecified atom stereocenters. The molecule has 1 fully saturated rings. The van der Waals surface area contributed by atoms with Crippen LogP contribution >= 0.6 is 0 Å². The average Bonchev–Trinajstić information content (AvgIpc) is 3.11. The summed E-state index contributed by atoms with van der Waals surface area (Å²) in [6, 6.07) is 9.81. The highest BCUT2D eigenvalue weighted by molar-refractivity contribution is 5.93. The van der Waals surface area contributed by atoms with Gasteiger partial charge in [-0.05, 0) is 51.3 Å². The van der Waals surface area contributed by atoms with Crippen LogP contribution in [0.4, 0.5) is 0 Å². The standard InChI is InChI=1S/C20H28N4O/c1-16-8-7-11-23(13-16)20(2,3)15-21-19(25)17-12-22-24(14-17)18-9-5-4-6-10-18/h4-6,9-10,12,14,16H,7-8,11,13,15H2,1-3H3,(H,21,25). The molecular weight excluding hydrogens is 312 g/mol. The van der Waals surface area contributed by atoms with Crippen molar-refractivity contribution in [3.63, 3.8) is 0 Å². The second-order valence-corrected chi connectivity index (χ2v) is 7.70. The molecule has 1 N–H and O–H groups in total. The van der Waals surface area contributed by atoms with Gasteiger partial charge in [-0.3, -0.25) is 9.69 Å². The van der Waals surface area contributed by atoms with Crippen LogP contribution in [0.15, 0.2) is 42.7 Å². The van der Waals surface area contributed by atoms with E-state index in [0.29, 0.717) is 12.1 Å². The molecule has 0 bridgehead atoms. The Labute approximate surface area is 150 Å². The number of para-hydroxylation sites is 1. The summed E-state index contributed by atoms with van der Waals surface area (Å²) in [6.45, 7) is 9.57. The van der Waals surface area contributed by atoms with E-state index in [0.717, 1.165) is 24.7 Å². The summed E-state index contributed by atoms with van der Waals surface area (Å²) in [5.41, 5.74) is 1.50. The molecule has 1 amide bonds. The number of likely N-dealkylation sites (tertiary alicyclic amines) is 1. The van der Waals surface area contributed by atoms with E-state index < -0.39 is 0 Å². The summed E-state index contributed by atoms with van der Waals surface area (Å²) >= 11 is 0. The predicted molar refractivity (Wildman–Crippen MR) is 99.9 cm³/mol. The van der Waals surface area contributed by atoms with Gasteiger partial charge in [0, 0.05) is 24.8 Å². The molecule has 1 saturated heterocycles. The molecule has 0 spiro atoms. The summed E-state index contributed by atoms with van der Waals surface area (Å²) in [5, 5.41) is 7.38. The lowest BCUT2D eigenvalue weighted by atomic mass is 9.93. The molecule has 1 aromatic heterocycles. The monoisotopic (exact) mass is 340 g/mol. The second kappa shape index (κ2) is 7.40. The fraction of sp³-hybridized carbons (Fsp3) is 0.500. The molecule has 5 nitrogen and oxygen atoms in total. The quantitative estimate of drug-likeness (QED) is 0.910. The molecule has 0 radical (unpaired) electrons. The van der Waals surface area contributed by atoms with Crippen molar-refractivity contribution < 1.29 is 4.79 Å². The van der Waals surface area contributed by atoms with Gasteiger partial charge in [0.05, 0.1) is 17.4 Å². The topological polar surface area (TPSA) is 50.2 Å². The van der Waals surface area contributed by atoms with E-state index in [1.54, 1.807) is 17.1 Å².